The second kappa shape index (κ2) is 8.21. The normalized spacial score (nSPS) is 13.1. The molecule has 1 amide bonds. The van der Waals surface area contributed by atoms with Crippen molar-refractivity contribution in [3.8, 4) is 0 Å². The quantitative estimate of drug-likeness (QED) is 0.731. The Morgan fingerprint density at radius 3 is 2.68 bits per heavy atom. The monoisotopic (exact) mass is 375 g/mol. The van der Waals surface area contributed by atoms with Crippen LogP contribution >= 0.6 is 0 Å². The van der Waals surface area contributed by atoms with Gasteiger partial charge in [-0.2, -0.15) is 0 Å². The molecule has 2 aromatic carbocycles. The fourth-order valence-electron chi connectivity index (χ4n) is 3.49. The maximum Gasteiger partial charge on any atom is 0.272 e. The van der Waals surface area contributed by atoms with Gasteiger partial charge in [-0.1, -0.05) is 36.4 Å². The Morgan fingerprint density at radius 1 is 1.07 bits per heavy atom. The van der Waals surface area contributed by atoms with Crippen molar-refractivity contribution in [2.45, 2.75) is 19.4 Å². The first-order chi connectivity index (χ1) is 13.7. The van der Waals surface area contributed by atoms with Crippen LogP contribution in [0.4, 0.5) is 10.1 Å². The lowest BCUT2D eigenvalue weighted by atomic mass is 10.00. The third kappa shape index (κ3) is 4.19. The number of hydrogen-bond acceptors (Lipinski definition) is 3. The molecule has 0 aliphatic carbocycles. The van der Waals surface area contributed by atoms with Crippen LogP contribution in [0, 0.1) is 5.82 Å². The third-order valence-electron chi connectivity index (χ3n) is 5.05. The zero-order chi connectivity index (χ0) is 19.3. The summed E-state index contributed by atoms with van der Waals surface area (Å²) in [6.45, 7) is 2.03. The van der Waals surface area contributed by atoms with Gasteiger partial charge in [-0.15, -0.1) is 0 Å². The van der Waals surface area contributed by atoms with Gasteiger partial charge < -0.3 is 10.2 Å². The van der Waals surface area contributed by atoms with E-state index < -0.39 is 0 Å². The molecule has 1 aromatic heterocycles. The van der Waals surface area contributed by atoms with Crippen molar-refractivity contribution in [2.24, 2.45) is 0 Å². The van der Waals surface area contributed by atoms with Crippen LogP contribution in [-0.4, -0.2) is 28.9 Å². The molecule has 0 unspecified atom stereocenters. The number of amides is 1. The average molecular weight is 375 g/mol. The molecule has 4 rings (SSSR count). The van der Waals surface area contributed by atoms with E-state index in [-0.39, 0.29) is 11.7 Å². The van der Waals surface area contributed by atoms with Crippen molar-refractivity contribution in [1.82, 2.24) is 9.88 Å². The van der Waals surface area contributed by atoms with Gasteiger partial charge in [0.1, 0.15) is 11.5 Å². The Bertz CT molecular complexity index is 972. The van der Waals surface area contributed by atoms with Gasteiger partial charge >= 0.3 is 0 Å². The van der Waals surface area contributed by atoms with Crippen LogP contribution in [0.1, 0.15) is 27.2 Å². The Kier molecular flexibility index (Phi) is 5.33. The largest absolute Gasteiger partial charge is 0.385 e. The number of pyridine rings is 1. The average Bonchev–Trinajstić information content (AvgIpc) is 2.74. The zero-order valence-electron chi connectivity index (χ0n) is 15.6. The van der Waals surface area contributed by atoms with Crippen molar-refractivity contribution in [3.05, 3.63) is 95.1 Å². The number of hydrogen-bond donors (Lipinski definition) is 1. The first-order valence-electron chi connectivity index (χ1n) is 9.49. The standard InChI is InChI=1S/C23H22FN3O/c24-20-7-5-17(6-8-20)9-12-25-21-10-13-26-22(15-21)23(28)27-14-11-18-3-1-2-4-19(18)16-27/h1-8,10,13,15H,9,11-12,14,16H2,(H,25,26). The van der Waals surface area contributed by atoms with Gasteiger partial charge in [0.05, 0.1) is 0 Å². The lowest BCUT2D eigenvalue weighted by Crippen LogP contribution is -2.36. The molecular weight excluding hydrogens is 353 g/mol. The van der Waals surface area contributed by atoms with E-state index in [1.54, 1.807) is 24.4 Å². The molecule has 3 aromatic rings. The lowest BCUT2D eigenvalue weighted by Gasteiger charge is -2.28. The van der Waals surface area contributed by atoms with E-state index in [0.29, 0.717) is 25.3 Å². The molecule has 0 saturated carbocycles. The Hall–Kier alpha value is -3.21. The van der Waals surface area contributed by atoms with Crippen LogP contribution in [0.2, 0.25) is 0 Å². The molecule has 4 nitrogen and oxygen atoms in total. The summed E-state index contributed by atoms with van der Waals surface area (Å²) in [5, 5.41) is 3.32. The van der Waals surface area contributed by atoms with Crippen LogP contribution in [0.25, 0.3) is 0 Å². The topological polar surface area (TPSA) is 45.2 Å². The molecule has 0 fully saturated rings. The van der Waals surface area contributed by atoms with E-state index in [1.807, 2.05) is 23.1 Å². The molecule has 1 aliphatic heterocycles. The van der Waals surface area contributed by atoms with Crippen LogP contribution in [0.15, 0.2) is 66.9 Å². The SMILES string of the molecule is O=C(c1cc(NCCc2ccc(F)cc2)ccn1)N1CCc2ccccc2C1. The van der Waals surface area contributed by atoms with Gasteiger partial charge in [0, 0.05) is 31.5 Å². The minimum atomic E-state index is -0.227. The number of nitrogens with zero attached hydrogens (tertiary/aromatic N) is 2. The third-order valence-corrected chi connectivity index (χ3v) is 5.05. The smallest absolute Gasteiger partial charge is 0.272 e. The summed E-state index contributed by atoms with van der Waals surface area (Å²) in [5.74, 6) is -0.272. The molecule has 0 spiro atoms. The Balaban J connectivity index is 1.38. The number of carbonyl (C=O) groups is 1. The second-order valence-corrected chi connectivity index (χ2v) is 6.98. The highest BCUT2D eigenvalue weighted by atomic mass is 19.1. The minimum Gasteiger partial charge on any atom is -0.385 e. The number of carbonyl (C=O) groups excluding carboxylic acids is 1. The molecule has 0 atom stereocenters. The first kappa shape index (κ1) is 18.2. The van der Waals surface area contributed by atoms with Crippen molar-refractivity contribution >= 4 is 11.6 Å². The molecule has 1 N–H and O–H groups in total. The number of halogens is 1. The molecule has 5 heteroatoms. The van der Waals surface area contributed by atoms with Crippen LogP contribution in [-0.2, 0) is 19.4 Å². The maximum atomic E-state index is 13.0. The van der Waals surface area contributed by atoms with Crippen molar-refractivity contribution in [2.75, 3.05) is 18.4 Å². The number of benzene rings is 2. The molecular formula is C23H22FN3O. The van der Waals surface area contributed by atoms with E-state index in [1.165, 1.54) is 23.3 Å². The Labute approximate surface area is 164 Å². The maximum absolute atomic E-state index is 13.0. The predicted molar refractivity (Wildman–Crippen MR) is 108 cm³/mol. The van der Waals surface area contributed by atoms with Gasteiger partial charge in [-0.3, -0.25) is 9.78 Å². The summed E-state index contributed by atoms with van der Waals surface area (Å²) >= 11 is 0. The van der Waals surface area contributed by atoms with Crippen LogP contribution in [0.5, 0.6) is 0 Å². The van der Waals surface area contributed by atoms with Gasteiger partial charge in [0.15, 0.2) is 0 Å². The number of anilines is 1. The molecule has 0 radical (unpaired) electrons. The van der Waals surface area contributed by atoms with Crippen molar-refractivity contribution in [3.63, 3.8) is 0 Å². The van der Waals surface area contributed by atoms with Gasteiger partial charge in [0.2, 0.25) is 0 Å². The number of aromatic nitrogens is 1. The van der Waals surface area contributed by atoms with Crippen LogP contribution < -0.4 is 5.32 Å². The molecule has 2 heterocycles. The van der Waals surface area contributed by atoms with Gasteiger partial charge in [-0.05, 0) is 53.8 Å². The highest BCUT2D eigenvalue weighted by Gasteiger charge is 2.22. The fourth-order valence-corrected chi connectivity index (χ4v) is 3.49. The summed E-state index contributed by atoms with van der Waals surface area (Å²) < 4.78 is 13.0. The van der Waals surface area contributed by atoms with E-state index >= 15 is 0 Å². The number of nitrogens with one attached hydrogen (secondary N) is 1. The Morgan fingerprint density at radius 2 is 1.86 bits per heavy atom. The first-order valence-corrected chi connectivity index (χ1v) is 9.49. The fraction of sp³-hybridized carbons (Fsp3) is 0.217. The van der Waals surface area contributed by atoms with Gasteiger partial charge in [0.25, 0.3) is 5.91 Å². The zero-order valence-corrected chi connectivity index (χ0v) is 15.6. The van der Waals surface area contributed by atoms with Gasteiger partial charge in [-0.25, -0.2) is 4.39 Å². The summed E-state index contributed by atoms with van der Waals surface area (Å²) in [5.41, 5.74) is 4.89. The number of fused-ring (bicyclic) bond motifs is 1. The summed E-state index contributed by atoms with van der Waals surface area (Å²) in [6, 6.07) is 18.4. The van der Waals surface area contributed by atoms with E-state index in [4.69, 9.17) is 0 Å². The number of rotatable bonds is 5. The molecule has 142 valence electrons. The highest BCUT2D eigenvalue weighted by molar-refractivity contribution is 5.93. The molecule has 0 bridgehead atoms. The van der Waals surface area contributed by atoms with E-state index in [2.05, 4.69) is 22.4 Å². The summed E-state index contributed by atoms with van der Waals surface area (Å²) in [7, 11) is 0. The van der Waals surface area contributed by atoms with Crippen LogP contribution in [0.3, 0.4) is 0 Å². The lowest BCUT2D eigenvalue weighted by molar-refractivity contribution is 0.0729. The molecule has 1 aliphatic rings. The second-order valence-electron chi connectivity index (χ2n) is 6.98. The highest BCUT2D eigenvalue weighted by Crippen LogP contribution is 2.20. The van der Waals surface area contributed by atoms with Crippen molar-refractivity contribution < 1.29 is 9.18 Å². The van der Waals surface area contributed by atoms with E-state index in [9.17, 15) is 9.18 Å². The molecule has 28 heavy (non-hydrogen) atoms. The van der Waals surface area contributed by atoms with E-state index in [0.717, 1.165) is 24.1 Å². The molecule has 0 saturated heterocycles. The minimum absolute atomic E-state index is 0.0447. The summed E-state index contributed by atoms with van der Waals surface area (Å²) in [4.78, 5) is 19.0. The predicted octanol–water partition coefficient (Wildman–Crippen LogP) is 4.07. The summed E-state index contributed by atoms with van der Waals surface area (Å²) in [6.07, 6.45) is 3.30. The van der Waals surface area contributed by atoms with Crippen molar-refractivity contribution in [1.29, 1.82) is 0 Å².